The summed E-state index contributed by atoms with van der Waals surface area (Å²) >= 11 is 1.59. The topological polar surface area (TPSA) is 64.3 Å². The molecule has 0 aliphatic heterocycles. The van der Waals surface area contributed by atoms with Gasteiger partial charge in [0, 0.05) is 36.0 Å². The predicted molar refractivity (Wildman–Crippen MR) is 77.8 cm³/mol. The van der Waals surface area contributed by atoms with Gasteiger partial charge < -0.3 is 15.8 Å². The molecule has 1 amide bonds. The molecule has 3 N–H and O–H groups in total. The van der Waals surface area contributed by atoms with Crippen LogP contribution in [-0.2, 0) is 16.1 Å². The third kappa shape index (κ3) is 6.39. The summed E-state index contributed by atoms with van der Waals surface area (Å²) in [5, 5.41) is 4.87. The molecule has 1 aromatic heterocycles. The first-order valence-electron chi connectivity index (χ1n) is 6.17. The smallest absolute Gasteiger partial charge is 0.220 e. The molecule has 5 heteroatoms. The maximum absolute atomic E-state index is 11.7. The van der Waals surface area contributed by atoms with Crippen LogP contribution in [0.1, 0.15) is 23.8 Å². The van der Waals surface area contributed by atoms with Crippen LogP contribution in [0.25, 0.3) is 0 Å². The Kier molecular flexibility index (Phi) is 7.19. The number of carbonyl (C=O) groups is 1. The van der Waals surface area contributed by atoms with Gasteiger partial charge in [0.05, 0.1) is 13.1 Å². The first-order chi connectivity index (χ1) is 9.15. The molecule has 1 rings (SSSR count). The van der Waals surface area contributed by atoms with Crippen molar-refractivity contribution >= 4 is 17.2 Å². The zero-order valence-electron chi connectivity index (χ0n) is 11.4. The number of amides is 1. The van der Waals surface area contributed by atoms with E-state index in [1.165, 1.54) is 0 Å². The summed E-state index contributed by atoms with van der Waals surface area (Å²) in [4.78, 5) is 12.8. The van der Waals surface area contributed by atoms with Crippen molar-refractivity contribution < 1.29 is 9.53 Å². The van der Waals surface area contributed by atoms with E-state index in [0.29, 0.717) is 26.1 Å². The van der Waals surface area contributed by atoms with Crippen molar-refractivity contribution in [3.05, 3.63) is 21.9 Å². The van der Waals surface area contributed by atoms with Crippen molar-refractivity contribution in [2.75, 3.05) is 20.3 Å². The second-order valence-corrected chi connectivity index (χ2v) is 5.34. The number of methoxy groups -OCH3 is 1. The van der Waals surface area contributed by atoms with Gasteiger partial charge in [0.1, 0.15) is 0 Å². The van der Waals surface area contributed by atoms with Crippen LogP contribution in [-0.4, -0.2) is 26.2 Å². The lowest BCUT2D eigenvalue weighted by Gasteiger charge is -2.09. The van der Waals surface area contributed by atoms with E-state index < -0.39 is 0 Å². The Morgan fingerprint density at radius 2 is 2.42 bits per heavy atom. The van der Waals surface area contributed by atoms with E-state index in [9.17, 15) is 4.79 Å². The molecule has 0 bridgehead atoms. The first kappa shape index (κ1) is 15.7. The average Bonchev–Trinajstić information content (AvgIpc) is 2.82. The summed E-state index contributed by atoms with van der Waals surface area (Å²) in [5.41, 5.74) is 6.27. The molecule has 4 nitrogen and oxygen atoms in total. The fourth-order valence-corrected chi connectivity index (χ4v) is 2.37. The van der Waals surface area contributed by atoms with Crippen molar-refractivity contribution in [2.24, 2.45) is 11.7 Å². The Morgan fingerprint density at radius 3 is 3.11 bits per heavy atom. The predicted octanol–water partition coefficient (Wildman–Crippen LogP) is 1.35. The second-order valence-electron chi connectivity index (χ2n) is 4.35. The van der Waals surface area contributed by atoms with Crippen LogP contribution in [0.3, 0.4) is 0 Å². The van der Waals surface area contributed by atoms with E-state index in [2.05, 4.69) is 17.2 Å². The quantitative estimate of drug-likeness (QED) is 0.773. The van der Waals surface area contributed by atoms with Gasteiger partial charge in [-0.05, 0) is 12.0 Å². The highest BCUT2D eigenvalue weighted by atomic mass is 32.1. The molecule has 0 saturated carbocycles. The highest BCUT2D eigenvalue weighted by Crippen LogP contribution is 2.13. The fraction of sp³-hybridized carbons (Fsp3) is 0.500. The molecule has 0 saturated heterocycles. The molecule has 0 aromatic carbocycles. The Bertz CT molecular complexity index is 460. The maximum atomic E-state index is 11.7. The molecule has 0 radical (unpaired) electrons. The van der Waals surface area contributed by atoms with Gasteiger partial charge in [0.15, 0.2) is 0 Å². The van der Waals surface area contributed by atoms with Gasteiger partial charge >= 0.3 is 0 Å². The monoisotopic (exact) mass is 280 g/mol. The minimum absolute atomic E-state index is 0.0487. The number of rotatable bonds is 6. The minimum atomic E-state index is 0.0487. The van der Waals surface area contributed by atoms with E-state index in [-0.39, 0.29) is 11.8 Å². The van der Waals surface area contributed by atoms with Gasteiger partial charge in [0.25, 0.3) is 0 Å². The van der Waals surface area contributed by atoms with Crippen molar-refractivity contribution in [3.63, 3.8) is 0 Å². The van der Waals surface area contributed by atoms with E-state index >= 15 is 0 Å². The Morgan fingerprint density at radius 1 is 1.63 bits per heavy atom. The zero-order chi connectivity index (χ0) is 14.1. The van der Waals surface area contributed by atoms with Crippen LogP contribution in [0.5, 0.6) is 0 Å². The minimum Gasteiger partial charge on any atom is -0.384 e. The molecule has 0 spiro atoms. The standard InChI is InChI=1S/C14H20N2O2S/c1-11(9-18-2)6-14(17)16-8-13-7-12(10-19-13)4-3-5-15/h7,10-11H,5-6,8-9,15H2,1-2H3,(H,16,17). The van der Waals surface area contributed by atoms with Crippen molar-refractivity contribution in [3.8, 4) is 11.8 Å². The first-order valence-corrected chi connectivity index (χ1v) is 7.05. The van der Waals surface area contributed by atoms with E-state index in [0.717, 1.165) is 10.4 Å². The number of ether oxygens (including phenoxy) is 1. The largest absolute Gasteiger partial charge is 0.384 e. The third-order valence-corrected chi connectivity index (χ3v) is 3.37. The number of nitrogens with one attached hydrogen (secondary N) is 1. The molecular weight excluding hydrogens is 260 g/mol. The lowest BCUT2D eigenvalue weighted by Crippen LogP contribution is -2.25. The molecule has 0 aliphatic carbocycles. The van der Waals surface area contributed by atoms with Crippen LogP contribution in [0.4, 0.5) is 0 Å². The van der Waals surface area contributed by atoms with Crippen LogP contribution in [0.2, 0.25) is 0 Å². The molecule has 1 unspecified atom stereocenters. The van der Waals surface area contributed by atoms with Gasteiger partial charge in [-0.2, -0.15) is 0 Å². The SMILES string of the molecule is COCC(C)CC(=O)NCc1cc(C#CCN)cs1. The molecule has 104 valence electrons. The maximum Gasteiger partial charge on any atom is 0.220 e. The van der Waals surface area contributed by atoms with Crippen LogP contribution < -0.4 is 11.1 Å². The van der Waals surface area contributed by atoms with Gasteiger partial charge in [0.2, 0.25) is 5.91 Å². The van der Waals surface area contributed by atoms with Gasteiger partial charge in [-0.15, -0.1) is 11.3 Å². The summed E-state index contributed by atoms with van der Waals surface area (Å²) in [5.74, 6) is 6.06. The number of hydrogen-bond donors (Lipinski definition) is 2. The van der Waals surface area contributed by atoms with Crippen LogP contribution in [0.15, 0.2) is 11.4 Å². The Hall–Kier alpha value is -1.35. The molecule has 0 aliphatic rings. The number of thiophene rings is 1. The third-order valence-electron chi connectivity index (χ3n) is 2.43. The van der Waals surface area contributed by atoms with E-state index in [1.807, 2.05) is 18.4 Å². The number of nitrogens with two attached hydrogens (primary N) is 1. The van der Waals surface area contributed by atoms with Crippen molar-refractivity contribution in [2.45, 2.75) is 19.9 Å². The van der Waals surface area contributed by atoms with Crippen LogP contribution >= 0.6 is 11.3 Å². The van der Waals surface area contributed by atoms with E-state index in [4.69, 9.17) is 10.5 Å². The van der Waals surface area contributed by atoms with Gasteiger partial charge in [-0.3, -0.25) is 4.79 Å². The molecular formula is C14H20N2O2S. The highest BCUT2D eigenvalue weighted by Gasteiger charge is 2.08. The normalized spacial score (nSPS) is 11.5. The molecule has 1 aromatic rings. The van der Waals surface area contributed by atoms with Gasteiger partial charge in [-0.1, -0.05) is 18.8 Å². The molecule has 0 fully saturated rings. The summed E-state index contributed by atoms with van der Waals surface area (Å²) < 4.78 is 5.00. The second kappa shape index (κ2) is 8.70. The summed E-state index contributed by atoms with van der Waals surface area (Å²) in [6.07, 6.45) is 0.485. The van der Waals surface area contributed by atoms with E-state index in [1.54, 1.807) is 18.4 Å². The lowest BCUT2D eigenvalue weighted by atomic mass is 10.1. The zero-order valence-corrected chi connectivity index (χ0v) is 12.2. The van der Waals surface area contributed by atoms with Crippen molar-refractivity contribution in [1.82, 2.24) is 5.32 Å². The van der Waals surface area contributed by atoms with Gasteiger partial charge in [-0.25, -0.2) is 0 Å². The molecule has 1 atom stereocenters. The van der Waals surface area contributed by atoms with Crippen molar-refractivity contribution in [1.29, 1.82) is 0 Å². The summed E-state index contributed by atoms with van der Waals surface area (Å²) in [6, 6.07) is 1.98. The summed E-state index contributed by atoms with van der Waals surface area (Å²) in [6.45, 7) is 3.51. The average molecular weight is 280 g/mol. The Balaban J connectivity index is 2.36. The number of hydrogen-bond acceptors (Lipinski definition) is 4. The Labute approximate surface area is 118 Å². The number of carbonyl (C=O) groups excluding carboxylic acids is 1. The fourth-order valence-electron chi connectivity index (χ4n) is 1.61. The lowest BCUT2D eigenvalue weighted by molar-refractivity contribution is -0.122. The van der Waals surface area contributed by atoms with Crippen LogP contribution in [0, 0.1) is 17.8 Å². The molecule has 19 heavy (non-hydrogen) atoms. The molecule has 1 heterocycles. The highest BCUT2D eigenvalue weighted by molar-refractivity contribution is 7.10. The summed E-state index contributed by atoms with van der Waals surface area (Å²) in [7, 11) is 1.64.